The number of ether oxygens (including phenoxy) is 1. The molecule has 0 unspecified atom stereocenters. The summed E-state index contributed by atoms with van der Waals surface area (Å²) in [7, 11) is 0. The molecule has 0 fully saturated rings. The Hall–Kier alpha value is -0.830. The fraction of sp³-hybridized carbons (Fsp3) is 0.417. The lowest BCUT2D eigenvalue weighted by atomic mass is 9.86. The molecule has 3 heteroatoms. The number of hydrogen-bond donors (Lipinski definition) is 0. The van der Waals surface area contributed by atoms with Crippen LogP contribution in [0.3, 0.4) is 0 Å². The molecular weight excluding hydrogens is 256 g/mol. The van der Waals surface area contributed by atoms with Crippen LogP contribution in [0, 0.1) is 0 Å². The number of hydrogen-bond acceptors (Lipinski definition) is 2. The summed E-state index contributed by atoms with van der Waals surface area (Å²) in [5.41, 5.74) is -2.23. The summed E-state index contributed by atoms with van der Waals surface area (Å²) in [6, 6.07) is 4.27. The van der Waals surface area contributed by atoms with Gasteiger partial charge in [0.15, 0.2) is 0 Å². The van der Waals surface area contributed by atoms with Gasteiger partial charge in [0.25, 0.3) is 0 Å². The zero-order valence-corrected chi connectivity index (χ0v) is 10.0. The minimum absolute atomic E-state index is 0.0629. The molecule has 1 aromatic carbocycles. The summed E-state index contributed by atoms with van der Waals surface area (Å²) >= 11 is 3.18. The third-order valence-electron chi connectivity index (χ3n) is 1.73. The summed E-state index contributed by atoms with van der Waals surface area (Å²) < 4.78 is 51.3. The minimum Gasteiger partial charge on any atom is -0.426 e. The van der Waals surface area contributed by atoms with Gasteiger partial charge in [-0.25, -0.2) is 0 Å². The van der Waals surface area contributed by atoms with Gasteiger partial charge in [-0.1, -0.05) is 36.6 Å². The van der Waals surface area contributed by atoms with Crippen LogP contribution in [0.25, 0.3) is 0 Å². The topological polar surface area (TPSA) is 26.3 Å². The summed E-state index contributed by atoms with van der Waals surface area (Å²) in [6.45, 7) is -3.34. The Morgan fingerprint density at radius 1 is 1.53 bits per heavy atom. The maximum absolute atomic E-state index is 11.2. The highest BCUT2D eigenvalue weighted by molar-refractivity contribution is 9.10. The van der Waals surface area contributed by atoms with Crippen molar-refractivity contribution in [2.75, 3.05) is 0 Å². The van der Waals surface area contributed by atoms with E-state index in [-0.39, 0.29) is 11.3 Å². The van der Waals surface area contributed by atoms with Gasteiger partial charge in [0.05, 0.1) is 0 Å². The van der Waals surface area contributed by atoms with Crippen molar-refractivity contribution in [2.45, 2.75) is 33.0 Å². The number of rotatable bonds is 1. The smallest absolute Gasteiger partial charge is 0.308 e. The summed E-state index contributed by atoms with van der Waals surface area (Å²) in [5.74, 6) is -0.725. The largest absolute Gasteiger partial charge is 0.426 e. The van der Waals surface area contributed by atoms with Gasteiger partial charge in [0.1, 0.15) is 5.75 Å². The third kappa shape index (κ3) is 3.34. The average Bonchev–Trinajstić information content (AvgIpc) is 2.26. The monoisotopic (exact) mass is 276 g/mol. The lowest BCUT2D eigenvalue weighted by Crippen LogP contribution is -2.15. The Balaban J connectivity index is 3.66. The molecule has 0 atom stereocenters. The minimum atomic E-state index is -2.81. The van der Waals surface area contributed by atoms with E-state index >= 15 is 0 Å². The van der Waals surface area contributed by atoms with Crippen molar-refractivity contribution in [3.8, 4) is 5.75 Å². The number of halogens is 1. The van der Waals surface area contributed by atoms with Gasteiger partial charge in [-0.2, -0.15) is 0 Å². The normalized spacial score (nSPS) is 18.9. The van der Waals surface area contributed by atoms with Gasteiger partial charge in [0, 0.05) is 25.2 Å². The Morgan fingerprint density at radius 3 is 2.73 bits per heavy atom. The molecular formula is C12H15BrO2. The van der Waals surface area contributed by atoms with E-state index in [9.17, 15) is 4.79 Å². The summed E-state index contributed by atoms with van der Waals surface area (Å²) in [4.78, 5) is 11.2. The lowest BCUT2D eigenvalue weighted by molar-refractivity contribution is -0.131. The van der Waals surface area contributed by atoms with E-state index in [4.69, 9.17) is 13.0 Å². The van der Waals surface area contributed by atoms with Crippen molar-refractivity contribution < 1.29 is 17.8 Å². The molecule has 0 spiro atoms. The molecule has 0 radical (unpaired) electrons. The van der Waals surface area contributed by atoms with Crippen molar-refractivity contribution in [2.24, 2.45) is 0 Å². The van der Waals surface area contributed by atoms with E-state index in [2.05, 4.69) is 15.9 Å². The molecule has 0 aliphatic rings. The maximum Gasteiger partial charge on any atom is 0.308 e. The van der Waals surface area contributed by atoms with E-state index in [1.165, 1.54) is 12.1 Å². The van der Waals surface area contributed by atoms with Crippen molar-refractivity contribution in [3.05, 3.63) is 28.2 Å². The van der Waals surface area contributed by atoms with Crippen LogP contribution < -0.4 is 4.74 Å². The van der Waals surface area contributed by atoms with Crippen molar-refractivity contribution in [1.29, 1.82) is 0 Å². The van der Waals surface area contributed by atoms with Gasteiger partial charge < -0.3 is 4.74 Å². The van der Waals surface area contributed by atoms with Gasteiger partial charge >= 0.3 is 5.97 Å². The standard InChI is InChI=1S/C12H15BrO2/c1-8(14)15-11-6-5-9(13)7-10(11)12(2,3)4/h5-7H,1-4H3/i2D3,3D3. The Morgan fingerprint density at radius 2 is 2.20 bits per heavy atom. The Labute approximate surface area is 107 Å². The molecule has 0 saturated heterocycles. The van der Waals surface area contributed by atoms with Crippen LogP contribution in [0.15, 0.2) is 22.7 Å². The van der Waals surface area contributed by atoms with Gasteiger partial charge in [-0.3, -0.25) is 4.79 Å². The maximum atomic E-state index is 11.2. The SMILES string of the molecule is [2H]C([2H])([2H])C(C)(c1cc(Br)ccc1OC(C)=O)C([2H])([2H])[2H]. The van der Waals surface area contributed by atoms with Crippen LogP contribution in [0.5, 0.6) is 5.75 Å². The fourth-order valence-corrected chi connectivity index (χ4v) is 1.50. The molecule has 0 heterocycles. The Kier molecular flexibility index (Phi) is 1.75. The van der Waals surface area contributed by atoms with Crippen molar-refractivity contribution in [1.82, 2.24) is 0 Å². The van der Waals surface area contributed by atoms with E-state index in [1.54, 1.807) is 6.07 Å². The second kappa shape index (κ2) is 4.35. The van der Waals surface area contributed by atoms with Crippen molar-refractivity contribution >= 4 is 21.9 Å². The quantitative estimate of drug-likeness (QED) is 0.578. The Bertz CT molecular complexity index is 536. The molecule has 0 N–H and O–H groups in total. The van der Waals surface area contributed by atoms with E-state index < -0.39 is 25.1 Å². The first-order valence-corrected chi connectivity index (χ1v) is 5.08. The van der Waals surface area contributed by atoms with Gasteiger partial charge in [0.2, 0.25) is 0 Å². The third-order valence-corrected chi connectivity index (χ3v) is 2.23. The second-order valence-corrected chi connectivity index (χ2v) is 4.27. The molecule has 0 bridgehead atoms. The highest BCUT2D eigenvalue weighted by Gasteiger charge is 2.20. The fourth-order valence-electron chi connectivity index (χ4n) is 1.14. The average molecular weight is 277 g/mol. The number of benzene rings is 1. The van der Waals surface area contributed by atoms with Gasteiger partial charge in [-0.15, -0.1) is 0 Å². The van der Waals surface area contributed by atoms with Crippen LogP contribution in [-0.4, -0.2) is 5.97 Å². The molecule has 0 aliphatic carbocycles. The predicted molar refractivity (Wildman–Crippen MR) is 64.2 cm³/mol. The first kappa shape index (κ1) is 6.04. The molecule has 0 saturated carbocycles. The van der Waals surface area contributed by atoms with Gasteiger partial charge in [-0.05, 0) is 23.6 Å². The first-order valence-electron chi connectivity index (χ1n) is 7.29. The predicted octanol–water partition coefficient (Wildman–Crippen LogP) is 3.67. The molecule has 2 nitrogen and oxygen atoms in total. The molecule has 82 valence electrons. The lowest BCUT2D eigenvalue weighted by Gasteiger charge is -2.22. The summed E-state index contributed by atoms with van der Waals surface area (Å²) in [6.07, 6.45) is 0. The second-order valence-electron chi connectivity index (χ2n) is 3.36. The molecule has 1 rings (SSSR count). The molecule has 1 aromatic rings. The number of carbonyl (C=O) groups is 1. The number of esters is 1. The van der Waals surface area contributed by atoms with E-state index in [0.717, 1.165) is 13.8 Å². The summed E-state index contributed by atoms with van der Waals surface area (Å²) in [5, 5.41) is 0. The first-order chi connectivity index (χ1) is 9.30. The zero-order valence-electron chi connectivity index (χ0n) is 14.4. The zero-order chi connectivity index (χ0) is 16.6. The highest BCUT2D eigenvalue weighted by atomic mass is 79.9. The van der Waals surface area contributed by atoms with Crippen LogP contribution in [0.2, 0.25) is 0 Å². The molecule has 0 aliphatic heterocycles. The van der Waals surface area contributed by atoms with Crippen LogP contribution in [0.1, 0.15) is 41.3 Å². The van der Waals surface area contributed by atoms with E-state index in [0.29, 0.717) is 4.47 Å². The van der Waals surface area contributed by atoms with Crippen LogP contribution in [0.4, 0.5) is 0 Å². The highest BCUT2D eigenvalue weighted by Crippen LogP contribution is 2.33. The molecule has 0 amide bonds. The molecule has 0 aromatic heterocycles. The molecule has 15 heavy (non-hydrogen) atoms. The van der Waals surface area contributed by atoms with Crippen molar-refractivity contribution in [3.63, 3.8) is 0 Å². The van der Waals surface area contributed by atoms with Crippen LogP contribution in [-0.2, 0) is 10.2 Å². The van der Waals surface area contributed by atoms with Crippen LogP contribution >= 0.6 is 15.9 Å². The number of carbonyl (C=O) groups excluding carboxylic acids is 1. The van der Waals surface area contributed by atoms with E-state index in [1.807, 2.05) is 0 Å².